The molecule has 0 aliphatic rings. The van der Waals surface area contributed by atoms with Gasteiger partial charge in [0.15, 0.2) is 0 Å². The summed E-state index contributed by atoms with van der Waals surface area (Å²) < 4.78 is 66.2. The standard InChI is InChI=1S/Mg.2H3N.2H2O4Se/c;;;2*1-5(2,3)4/h;2*1H3;2*(H2,1,2,3,4)/q+2;;;;/p-2. The molecular formula is H8MgN2O8Se2. The number of hydrogen-bond donors (Lipinski definition) is 4. The van der Waals surface area contributed by atoms with E-state index in [0.29, 0.717) is 0 Å². The molecule has 0 bridgehead atoms. The second kappa shape index (κ2) is 10.8. The Kier molecular flexibility index (Phi) is 24.4. The van der Waals surface area contributed by atoms with Crippen LogP contribution in [0.4, 0.5) is 0 Å². The number of hydrogen-bond acceptors (Lipinski definition) is 8. The van der Waals surface area contributed by atoms with Gasteiger partial charge in [-0.25, -0.2) is 0 Å². The topological polar surface area (TPSA) is 225 Å². The van der Waals surface area contributed by atoms with Crippen molar-refractivity contribution in [2.75, 3.05) is 0 Å². The van der Waals surface area contributed by atoms with Crippen molar-refractivity contribution >= 4 is 49.8 Å². The van der Waals surface area contributed by atoms with Crippen LogP contribution < -0.4 is 20.7 Å². The first-order valence-corrected chi connectivity index (χ1v) is 7.09. The summed E-state index contributed by atoms with van der Waals surface area (Å²) in [6, 6.07) is 0. The third-order valence-electron chi connectivity index (χ3n) is 0. The van der Waals surface area contributed by atoms with Crippen LogP contribution in [0.2, 0.25) is 0 Å². The Balaban J connectivity index is -0.0000000267. The Morgan fingerprint density at radius 2 is 0.846 bits per heavy atom. The third kappa shape index (κ3) is 2530. The molecule has 0 aromatic heterocycles. The van der Waals surface area contributed by atoms with E-state index in [1.807, 2.05) is 0 Å². The molecule has 0 amide bonds. The van der Waals surface area contributed by atoms with E-state index in [1.54, 1.807) is 0 Å². The minimum absolute atomic E-state index is 0. The van der Waals surface area contributed by atoms with Crippen LogP contribution >= 0.6 is 0 Å². The molecule has 0 unspecified atom stereocenters. The molecule has 0 heterocycles. The maximum Gasteiger partial charge on any atom is 2.00 e. The minimum Gasteiger partial charge on any atom is 2.00 e. The van der Waals surface area contributed by atoms with Gasteiger partial charge in [-0.1, -0.05) is 0 Å². The van der Waals surface area contributed by atoms with E-state index in [9.17, 15) is 0 Å². The molecule has 0 saturated heterocycles. The van der Waals surface area contributed by atoms with E-state index in [4.69, 9.17) is 32.1 Å². The fourth-order valence-corrected chi connectivity index (χ4v) is 0. The normalized spacial score (nSPS) is 8.92. The van der Waals surface area contributed by atoms with Crippen LogP contribution in [-0.4, -0.2) is 58.2 Å². The van der Waals surface area contributed by atoms with Crippen LogP contribution in [-0.2, 0) is 15.3 Å². The third-order valence-corrected chi connectivity index (χ3v) is 0. The van der Waals surface area contributed by atoms with Crippen LogP contribution in [0.3, 0.4) is 0 Å². The van der Waals surface area contributed by atoms with Crippen molar-refractivity contribution in [3.63, 3.8) is 0 Å². The van der Waals surface area contributed by atoms with Gasteiger partial charge < -0.3 is 12.3 Å². The zero-order chi connectivity index (χ0) is 9.00. The second-order valence-electron chi connectivity index (χ2n) is 0.856. The van der Waals surface area contributed by atoms with E-state index < -0.39 is 26.7 Å². The van der Waals surface area contributed by atoms with E-state index in [-0.39, 0.29) is 35.4 Å². The van der Waals surface area contributed by atoms with Crippen LogP contribution in [0.1, 0.15) is 0 Å². The molecule has 0 spiro atoms. The summed E-state index contributed by atoms with van der Waals surface area (Å²) in [6.07, 6.45) is 0. The Bertz CT molecular complexity index is 217. The predicted octanol–water partition coefficient (Wildman–Crippen LogP) is -4.79. The average Bonchev–Trinajstić information content (AvgIpc) is 1.12. The first-order valence-electron chi connectivity index (χ1n) is 1.37. The quantitative estimate of drug-likeness (QED) is 0.306. The fraction of sp³-hybridized carbons (Fsp3) is 0. The maximum absolute atomic E-state index is 8.82. The molecule has 0 fully saturated rings. The molecule has 80 valence electrons. The van der Waals surface area contributed by atoms with Gasteiger partial charge in [0, 0.05) is 0 Å². The van der Waals surface area contributed by atoms with Gasteiger partial charge >= 0.3 is 81.9 Å². The van der Waals surface area contributed by atoms with Gasteiger partial charge in [0.2, 0.25) is 0 Å². The van der Waals surface area contributed by atoms with Crippen molar-refractivity contribution in [3.8, 4) is 0 Å². The van der Waals surface area contributed by atoms with Crippen molar-refractivity contribution in [2.45, 2.75) is 0 Å². The molecule has 0 atom stereocenters. The van der Waals surface area contributed by atoms with Crippen LogP contribution in [0, 0.1) is 0 Å². The van der Waals surface area contributed by atoms with E-state index in [1.165, 1.54) is 0 Å². The summed E-state index contributed by atoms with van der Waals surface area (Å²) >= 11 is -11.0. The molecule has 0 aromatic carbocycles. The molecule has 0 rings (SSSR count). The predicted molar refractivity (Wildman–Crippen MR) is 34.5 cm³/mol. The van der Waals surface area contributed by atoms with E-state index >= 15 is 0 Å². The minimum atomic E-state index is -5.75. The Morgan fingerprint density at radius 1 is 0.846 bits per heavy atom. The summed E-state index contributed by atoms with van der Waals surface area (Å²) in [4.78, 5) is 0. The van der Waals surface area contributed by atoms with Crippen LogP contribution in [0.15, 0.2) is 0 Å². The first kappa shape index (κ1) is 29.2. The smallest absolute Gasteiger partial charge is 2.00 e. The van der Waals surface area contributed by atoms with Crippen molar-refractivity contribution in [1.29, 1.82) is 0 Å². The number of rotatable bonds is 0. The fourth-order valence-electron chi connectivity index (χ4n) is 0. The molecule has 10 nitrogen and oxygen atoms in total. The second-order valence-corrected chi connectivity index (χ2v) is 4.45. The SMILES string of the molecule is N.N.O=[Se](=O)(O)O.O=[Se](=O)([O-])[O-].[Mg+2]. The largest absolute Gasteiger partial charge is 2.00 e. The summed E-state index contributed by atoms with van der Waals surface area (Å²) in [6.45, 7) is 0. The Labute approximate surface area is 93.8 Å². The van der Waals surface area contributed by atoms with Gasteiger partial charge in [-0.05, 0) is 0 Å². The van der Waals surface area contributed by atoms with Crippen molar-refractivity contribution in [2.24, 2.45) is 0 Å². The molecule has 0 aliphatic carbocycles. The first-order chi connectivity index (χ1) is 4.00. The summed E-state index contributed by atoms with van der Waals surface area (Å²) in [5, 5.41) is 0. The zero-order valence-corrected chi connectivity index (χ0v) is 11.1. The average molecular weight is 346 g/mol. The summed E-state index contributed by atoms with van der Waals surface area (Å²) in [5.74, 6) is 0. The molecular weight excluding hydrogens is 338 g/mol. The van der Waals surface area contributed by atoms with Crippen LogP contribution in [0.5, 0.6) is 0 Å². The zero-order valence-electron chi connectivity index (χ0n) is 6.28. The van der Waals surface area contributed by atoms with Gasteiger partial charge in [-0.15, -0.1) is 0 Å². The van der Waals surface area contributed by atoms with E-state index in [2.05, 4.69) is 0 Å². The summed E-state index contributed by atoms with van der Waals surface area (Å²) in [7, 11) is 0. The van der Waals surface area contributed by atoms with Gasteiger partial charge in [-0.3, -0.25) is 0 Å². The molecule has 0 radical (unpaired) electrons. The van der Waals surface area contributed by atoms with Crippen molar-refractivity contribution < 1.29 is 32.1 Å². The Hall–Kier alpha value is 0.765. The molecule has 13 heteroatoms. The molecule has 0 saturated carbocycles. The van der Waals surface area contributed by atoms with Crippen molar-refractivity contribution in [3.05, 3.63) is 0 Å². The van der Waals surface area contributed by atoms with Crippen LogP contribution in [0.25, 0.3) is 0 Å². The maximum atomic E-state index is 8.82. The monoisotopic (exact) mass is 348 g/mol. The molecule has 0 aliphatic heterocycles. The van der Waals surface area contributed by atoms with Gasteiger partial charge in [0.1, 0.15) is 0 Å². The van der Waals surface area contributed by atoms with E-state index in [0.717, 1.165) is 0 Å². The van der Waals surface area contributed by atoms with Gasteiger partial charge in [0.25, 0.3) is 0 Å². The molecule has 8 N–H and O–H groups in total. The molecule has 0 aromatic rings. The Morgan fingerprint density at radius 3 is 0.846 bits per heavy atom. The summed E-state index contributed by atoms with van der Waals surface area (Å²) in [5.41, 5.74) is 0. The molecule has 13 heavy (non-hydrogen) atoms. The van der Waals surface area contributed by atoms with Gasteiger partial charge in [-0.2, -0.15) is 0 Å². The van der Waals surface area contributed by atoms with Crippen molar-refractivity contribution in [1.82, 2.24) is 12.3 Å². The van der Waals surface area contributed by atoms with Gasteiger partial charge in [0.05, 0.1) is 0 Å².